The van der Waals surface area contributed by atoms with E-state index in [4.69, 9.17) is 15.9 Å². The van der Waals surface area contributed by atoms with Crippen LogP contribution in [0.1, 0.15) is 35.3 Å². The molecule has 0 aliphatic carbocycles. The van der Waals surface area contributed by atoms with Crippen molar-refractivity contribution in [2.75, 3.05) is 13.7 Å². The summed E-state index contributed by atoms with van der Waals surface area (Å²) >= 11 is 1.51. The molecule has 1 aliphatic heterocycles. The second kappa shape index (κ2) is 8.64. The van der Waals surface area contributed by atoms with Crippen molar-refractivity contribution in [3.05, 3.63) is 40.3 Å². The molecule has 7 nitrogen and oxygen atoms in total. The van der Waals surface area contributed by atoms with Crippen LogP contribution in [0, 0.1) is 12.3 Å². The molecule has 1 amide bonds. The molecule has 0 unspecified atom stereocenters. The van der Waals surface area contributed by atoms with Crippen molar-refractivity contribution >= 4 is 17.2 Å². The molecule has 0 spiro atoms. The van der Waals surface area contributed by atoms with Crippen molar-refractivity contribution in [2.24, 2.45) is 10.2 Å². The fourth-order valence-electron chi connectivity index (χ4n) is 2.53. The second-order valence-electron chi connectivity index (χ2n) is 6.03. The molecule has 0 radical (unpaired) electrons. The van der Waals surface area contributed by atoms with Crippen LogP contribution >= 0.6 is 11.3 Å². The molecule has 3 rings (SSSR count). The lowest BCUT2D eigenvalue weighted by Crippen LogP contribution is -2.28. The highest BCUT2D eigenvalue weighted by Crippen LogP contribution is 2.36. The normalized spacial score (nSPS) is 13.6. The summed E-state index contributed by atoms with van der Waals surface area (Å²) in [6.45, 7) is 0.818. The minimum Gasteiger partial charge on any atom is -0.493 e. The van der Waals surface area contributed by atoms with Crippen LogP contribution in [0.25, 0.3) is 0 Å². The van der Waals surface area contributed by atoms with E-state index in [9.17, 15) is 4.79 Å². The van der Waals surface area contributed by atoms with Gasteiger partial charge in [0, 0.05) is 36.8 Å². The summed E-state index contributed by atoms with van der Waals surface area (Å²) in [7, 11) is 1.54. The van der Waals surface area contributed by atoms with Crippen LogP contribution in [0.4, 0.5) is 0 Å². The van der Waals surface area contributed by atoms with Crippen molar-refractivity contribution in [1.82, 2.24) is 10.3 Å². The Bertz CT molecular complexity index is 852. The number of amides is 1. The minimum absolute atomic E-state index is 0.188. The lowest BCUT2D eigenvalue weighted by atomic mass is 10.0. The lowest BCUT2D eigenvalue weighted by molar-refractivity contribution is 0.0951. The number of benzene rings is 1. The Labute approximate surface area is 161 Å². The van der Waals surface area contributed by atoms with E-state index in [2.05, 4.69) is 26.4 Å². The Morgan fingerprint density at radius 1 is 1.33 bits per heavy atom. The molecule has 140 valence electrons. The molecule has 1 aromatic heterocycles. The summed E-state index contributed by atoms with van der Waals surface area (Å²) in [5, 5.41) is 12.9. The number of terminal acetylenes is 1. The second-order valence-corrected chi connectivity index (χ2v) is 6.75. The SMILES string of the molecule is C#CCCC1(CCNC(=O)c2ccc(OCc3cscn3)c(OC)c2)N=N1. The maximum Gasteiger partial charge on any atom is 0.251 e. The summed E-state index contributed by atoms with van der Waals surface area (Å²) in [4.78, 5) is 16.6. The molecule has 0 saturated heterocycles. The van der Waals surface area contributed by atoms with Crippen molar-refractivity contribution in [3.63, 3.8) is 0 Å². The zero-order chi connectivity index (χ0) is 19.1. The number of rotatable bonds is 10. The number of aromatic nitrogens is 1. The van der Waals surface area contributed by atoms with Crippen LogP contribution in [-0.4, -0.2) is 30.2 Å². The van der Waals surface area contributed by atoms with Gasteiger partial charge in [-0.15, -0.1) is 23.7 Å². The summed E-state index contributed by atoms with van der Waals surface area (Å²) in [6, 6.07) is 5.08. The van der Waals surface area contributed by atoms with Gasteiger partial charge in [-0.2, -0.15) is 10.2 Å². The van der Waals surface area contributed by atoms with Crippen LogP contribution in [0.5, 0.6) is 11.5 Å². The number of nitrogens with one attached hydrogen (secondary N) is 1. The standard InChI is InChI=1S/C19H20N4O3S/c1-3-4-7-19(22-23-19)8-9-20-18(24)14-5-6-16(17(10-14)25-2)26-11-15-12-27-13-21-15/h1,5-6,10,12-13H,4,7-9,11H2,2H3,(H,20,24). The molecule has 27 heavy (non-hydrogen) atoms. The van der Waals surface area contributed by atoms with Gasteiger partial charge in [-0.05, 0) is 18.2 Å². The van der Waals surface area contributed by atoms with E-state index >= 15 is 0 Å². The van der Waals surface area contributed by atoms with E-state index in [0.717, 1.165) is 12.1 Å². The smallest absolute Gasteiger partial charge is 0.251 e. The van der Waals surface area contributed by atoms with Crippen LogP contribution in [0.15, 0.2) is 39.3 Å². The predicted octanol–water partition coefficient (Wildman–Crippen LogP) is 3.43. The molecule has 0 atom stereocenters. The summed E-state index contributed by atoms with van der Waals surface area (Å²) < 4.78 is 11.1. The highest BCUT2D eigenvalue weighted by atomic mass is 32.1. The number of thiazole rings is 1. The van der Waals surface area contributed by atoms with Gasteiger partial charge in [0.25, 0.3) is 5.91 Å². The Hall–Kier alpha value is -2.92. The Balaban J connectivity index is 1.53. The van der Waals surface area contributed by atoms with Gasteiger partial charge in [-0.3, -0.25) is 4.79 Å². The maximum atomic E-state index is 12.4. The minimum atomic E-state index is -0.398. The Kier molecular flexibility index (Phi) is 6.04. The number of hydrogen-bond donors (Lipinski definition) is 1. The zero-order valence-electron chi connectivity index (χ0n) is 15.0. The third-order valence-corrected chi connectivity index (χ3v) is 4.78. The molecular formula is C19H20N4O3S. The zero-order valence-corrected chi connectivity index (χ0v) is 15.8. The summed E-state index contributed by atoms with van der Waals surface area (Å²) in [6.07, 6.45) is 7.27. The van der Waals surface area contributed by atoms with E-state index in [1.54, 1.807) is 23.7 Å². The fraction of sp³-hybridized carbons (Fsp3) is 0.368. The predicted molar refractivity (Wildman–Crippen MR) is 102 cm³/mol. The first-order valence-electron chi connectivity index (χ1n) is 8.49. The molecule has 0 fully saturated rings. The van der Waals surface area contributed by atoms with Crippen molar-refractivity contribution < 1.29 is 14.3 Å². The van der Waals surface area contributed by atoms with Crippen LogP contribution in [0.2, 0.25) is 0 Å². The number of carbonyl (C=O) groups is 1. The number of ether oxygens (including phenoxy) is 2. The number of carbonyl (C=O) groups excluding carboxylic acids is 1. The van der Waals surface area contributed by atoms with Gasteiger partial charge >= 0.3 is 0 Å². The maximum absolute atomic E-state index is 12.4. The quantitative estimate of drug-likeness (QED) is 0.636. The first-order valence-corrected chi connectivity index (χ1v) is 9.44. The van der Waals surface area contributed by atoms with Gasteiger partial charge in [0.05, 0.1) is 18.3 Å². The Morgan fingerprint density at radius 2 is 2.19 bits per heavy atom. The average Bonchev–Trinajstić information content (AvgIpc) is 3.26. The monoisotopic (exact) mass is 384 g/mol. The van der Waals surface area contributed by atoms with E-state index in [1.807, 2.05) is 5.38 Å². The van der Waals surface area contributed by atoms with Crippen LogP contribution < -0.4 is 14.8 Å². The summed E-state index contributed by atoms with van der Waals surface area (Å²) in [5.74, 6) is 3.46. The van der Waals surface area contributed by atoms with Gasteiger partial charge in [0.15, 0.2) is 17.2 Å². The Morgan fingerprint density at radius 3 is 2.85 bits per heavy atom. The third kappa shape index (κ3) is 5.05. The molecule has 2 heterocycles. The van der Waals surface area contributed by atoms with Crippen LogP contribution in [0.3, 0.4) is 0 Å². The van der Waals surface area contributed by atoms with Crippen molar-refractivity contribution in [2.45, 2.75) is 31.5 Å². The van der Waals surface area contributed by atoms with Gasteiger partial charge in [-0.1, -0.05) is 0 Å². The topological polar surface area (TPSA) is 85.2 Å². The third-order valence-electron chi connectivity index (χ3n) is 4.15. The molecule has 1 N–H and O–H groups in total. The van der Waals surface area contributed by atoms with E-state index in [1.165, 1.54) is 18.4 Å². The number of hydrogen-bond acceptors (Lipinski definition) is 7. The van der Waals surface area contributed by atoms with Gasteiger partial charge < -0.3 is 14.8 Å². The van der Waals surface area contributed by atoms with Gasteiger partial charge in [0.1, 0.15) is 6.61 Å². The number of nitrogens with zero attached hydrogens (tertiary/aromatic N) is 3. The van der Waals surface area contributed by atoms with Crippen molar-refractivity contribution in [1.29, 1.82) is 0 Å². The highest BCUT2D eigenvalue weighted by molar-refractivity contribution is 7.07. The molecule has 8 heteroatoms. The molecule has 2 aromatic rings. The van der Waals surface area contributed by atoms with E-state index < -0.39 is 5.66 Å². The molecule has 0 saturated carbocycles. The van der Waals surface area contributed by atoms with Crippen molar-refractivity contribution in [3.8, 4) is 23.8 Å². The fourth-order valence-corrected chi connectivity index (χ4v) is 3.08. The average molecular weight is 384 g/mol. The lowest BCUT2D eigenvalue weighted by Gasteiger charge is -2.12. The van der Waals surface area contributed by atoms with Gasteiger partial charge in [0.2, 0.25) is 0 Å². The molecule has 1 aromatic carbocycles. The number of methoxy groups -OCH3 is 1. The van der Waals surface area contributed by atoms with Gasteiger partial charge in [-0.25, -0.2) is 4.98 Å². The van der Waals surface area contributed by atoms with E-state index in [-0.39, 0.29) is 5.91 Å². The first-order chi connectivity index (χ1) is 13.2. The molecule has 1 aliphatic rings. The molecule has 0 bridgehead atoms. The highest BCUT2D eigenvalue weighted by Gasteiger charge is 2.38. The molecular weight excluding hydrogens is 364 g/mol. The van der Waals surface area contributed by atoms with Crippen LogP contribution in [-0.2, 0) is 6.61 Å². The first kappa shape index (κ1) is 18.9. The van der Waals surface area contributed by atoms with E-state index in [0.29, 0.717) is 43.1 Å². The largest absolute Gasteiger partial charge is 0.493 e. The summed E-state index contributed by atoms with van der Waals surface area (Å²) in [5.41, 5.74) is 2.70.